The number of hydrogen-bond acceptors (Lipinski definition) is 2. The maximum absolute atomic E-state index is 13.1. The number of halogens is 2. The minimum Gasteiger partial charge on any atom is -0.481 e. The number of alkyl halides is 2. The van der Waals surface area contributed by atoms with Gasteiger partial charge in [-0.25, -0.2) is 0 Å². The first kappa shape index (κ1) is 10.1. The van der Waals surface area contributed by atoms with E-state index in [1.165, 1.54) is 5.38 Å². The lowest BCUT2D eigenvalue weighted by atomic mass is 10.1. The number of aliphatic carboxylic acids is 1. The fourth-order valence-corrected chi connectivity index (χ4v) is 1.92. The molecule has 0 saturated heterocycles. The largest absolute Gasteiger partial charge is 0.481 e. The van der Waals surface area contributed by atoms with Crippen LogP contribution >= 0.6 is 11.3 Å². The summed E-state index contributed by atoms with van der Waals surface area (Å²) in [6.07, 6.45) is -1.14. The molecule has 0 aromatic carbocycles. The van der Waals surface area contributed by atoms with Crippen molar-refractivity contribution >= 4 is 17.3 Å². The van der Waals surface area contributed by atoms with Crippen molar-refractivity contribution in [1.82, 2.24) is 0 Å². The average Bonchev–Trinajstić information content (AvgIpc) is 2.32. The van der Waals surface area contributed by atoms with E-state index < -0.39 is 18.3 Å². The van der Waals surface area contributed by atoms with Crippen LogP contribution in [-0.2, 0) is 10.7 Å². The van der Waals surface area contributed by atoms with E-state index in [1.54, 1.807) is 13.0 Å². The summed E-state index contributed by atoms with van der Waals surface area (Å²) < 4.78 is 26.3. The van der Waals surface area contributed by atoms with Crippen LogP contribution in [0.1, 0.15) is 16.9 Å². The van der Waals surface area contributed by atoms with Gasteiger partial charge in [0.25, 0.3) is 5.92 Å². The number of rotatable bonds is 3. The highest BCUT2D eigenvalue weighted by Crippen LogP contribution is 2.37. The second-order valence-electron chi connectivity index (χ2n) is 2.71. The minimum atomic E-state index is -3.25. The van der Waals surface area contributed by atoms with E-state index in [4.69, 9.17) is 5.11 Å². The molecule has 13 heavy (non-hydrogen) atoms. The molecule has 1 aromatic rings. The molecule has 0 radical (unpaired) electrons. The van der Waals surface area contributed by atoms with Crippen LogP contribution < -0.4 is 0 Å². The van der Waals surface area contributed by atoms with Gasteiger partial charge in [-0.1, -0.05) is 0 Å². The van der Waals surface area contributed by atoms with Crippen molar-refractivity contribution in [2.75, 3.05) is 0 Å². The molecule has 0 atom stereocenters. The molecular weight excluding hydrogens is 198 g/mol. The van der Waals surface area contributed by atoms with Crippen molar-refractivity contribution in [3.05, 3.63) is 21.9 Å². The normalized spacial score (nSPS) is 11.6. The number of carbonyl (C=O) groups is 1. The molecule has 0 bridgehead atoms. The third-order valence-corrected chi connectivity index (χ3v) is 2.70. The molecule has 0 unspecified atom stereocenters. The summed E-state index contributed by atoms with van der Waals surface area (Å²) in [5.41, 5.74) is 0.441. The van der Waals surface area contributed by atoms with E-state index in [2.05, 4.69) is 0 Å². The number of carboxylic acid groups (broad SMARTS) is 1. The predicted octanol–water partition coefficient (Wildman–Crippen LogP) is 2.62. The number of hydrogen-bond donors (Lipinski definition) is 1. The second kappa shape index (κ2) is 3.41. The maximum Gasteiger partial charge on any atom is 0.309 e. The Kier molecular flexibility index (Phi) is 2.66. The van der Waals surface area contributed by atoms with Gasteiger partial charge in [0.1, 0.15) is 6.42 Å². The van der Waals surface area contributed by atoms with Gasteiger partial charge in [0.05, 0.1) is 4.88 Å². The Labute approximate surface area is 77.8 Å². The first-order valence-electron chi connectivity index (χ1n) is 3.57. The van der Waals surface area contributed by atoms with Crippen molar-refractivity contribution in [2.45, 2.75) is 19.3 Å². The molecule has 0 aliphatic rings. The first-order chi connectivity index (χ1) is 5.93. The monoisotopic (exact) mass is 206 g/mol. The molecule has 2 nitrogen and oxygen atoms in total. The summed E-state index contributed by atoms with van der Waals surface area (Å²) in [5, 5.41) is 9.79. The van der Waals surface area contributed by atoms with Crippen LogP contribution in [0.5, 0.6) is 0 Å². The van der Waals surface area contributed by atoms with E-state index in [9.17, 15) is 13.6 Å². The van der Waals surface area contributed by atoms with Crippen LogP contribution in [0, 0.1) is 6.92 Å². The summed E-state index contributed by atoms with van der Waals surface area (Å²) in [6, 6.07) is 1.55. The first-order valence-corrected chi connectivity index (χ1v) is 4.45. The highest BCUT2D eigenvalue weighted by atomic mass is 32.1. The summed E-state index contributed by atoms with van der Waals surface area (Å²) >= 11 is 0.885. The lowest BCUT2D eigenvalue weighted by Crippen LogP contribution is -2.17. The average molecular weight is 206 g/mol. The molecule has 72 valence electrons. The van der Waals surface area contributed by atoms with Gasteiger partial charge in [0.2, 0.25) is 0 Å². The number of thiophene rings is 1. The van der Waals surface area contributed by atoms with Crippen LogP contribution in [0.25, 0.3) is 0 Å². The Morgan fingerprint density at radius 1 is 1.69 bits per heavy atom. The van der Waals surface area contributed by atoms with Crippen LogP contribution in [0.4, 0.5) is 8.78 Å². The van der Waals surface area contributed by atoms with Gasteiger partial charge in [-0.15, -0.1) is 11.3 Å². The molecule has 0 spiro atoms. The van der Waals surface area contributed by atoms with Crippen molar-refractivity contribution in [3.8, 4) is 0 Å². The molecule has 0 aliphatic heterocycles. The predicted molar refractivity (Wildman–Crippen MR) is 45.2 cm³/mol. The van der Waals surface area contributed by atoms with Crippen molar-refractivity contribution in [1.29, 1.82) is 0 Å². The van der Waals surface area contributed by atoms with Gasteiger partial charge in [0.15, 0.2) is 0 Å². The van der Waals surface area contributed by atoms with E-state index in [-0.39, 0.29) is 4.88 Å². The third kappa shape index (κ3) is 2.24. The fourth-order valence-electron chi connectivity index (χ4n) is 1.02. The lowest BCUT2D eigenvalue weighted by Gasteiger charge is -2.12. The Hall–Kier alpha value is -0.970. The third-order valence-electron chi connectivity index (χ3n) is 1.57. The Balaban J connectivity index is 2.93. The molecule has 1 heterocycles. The summed E-state index contributed by atoms with van der Waals surface area (Å²) in [5.74, 6) is -4.73. The fraction of sp³-hybridized carbons (Fsp3) is 0.375. The van der Waals surface area contributed by atoms with Crippen LogP contribution in [0.3, 0.4) is 0 Å². The zero-order valence-electron chi connectivity index (χ0n) is 6.88. The van der Waals surface area contributed by atoms with Gasteiger partial charge in [-0.3, -0.25) is 4.79 Å². The number of carboxylic acids is 1. The van der Waals surface area contributed by atoms with Crippen LogP contribution in [0.15, 0.2) is 11.4 Å². The zero-order chi connectivity index (χ0) is 10.1. The van der Waals surface area contributed by atoms with E-state index >= 15 is 0 Å². The van der Waals surface area contributed by atoms with E-state index in [0.29, 0.717) is 5.56 Å². The van der Waals surface area contributed by atoms with E-state index in [0.717, 1.165) is 11.3 Å². The summed E-state index contributed by atoms with van der Waals surface area (Å²) in [4.78, 5) is 9.99. The molecule has 5 heteroatoms. The van der Waals surface area contributed by atoms with Gasteiger partial charge in [-0.2, -0.15) is 8.78 Å². The smallest absolute Gasteiger partial charge is 0.309 e. The molecular formula is C8H8F2O2S. The van der Waals surface area contributed by atoms with Gasteiger partial charge >= 0.3 is 5.97 Å². The Morgan fingerprint density at radius 3 is 2.69 bits per heavy atom. The van der Waals surface area contributed by atoms with Crippen molar-refractivity contribution < 1.29 is 18.7 Å². The molecule has 0 aliphatic carbocycles. The van der Waals surface area contributed by atoms with Gasteiger partial charge in [-0.05, 0) is 23.9 Å². The maximum atomic E-state index is 13.1. The van der Waals surface area contributed by atoms with Crippen molar-refractivity contribution in [2.24, 2.45) is 0 Å². The second-order valence-corrected chi connectivity index (χ2v) is 3.62. The molecule has 1 rings (SSSR count). The highest BCUT2D eigenvalue weighted by Gasteiger charge is 2.36. The summed E-state index contributed by atoms with van der Waals surface area (Å²) in [7, 11) is 0. The van der Waals surface area contributed by atoms with E-state index in [1.807, 2.05) is 0 Å². The van der Waals surface area contributed by atoms with Crippen LogP contribution in [-0.4, -0.2) is 11.1 Å². The SMILES string of the molecule is Cc1ccsc1C(F)(F)CC(=O)O. The minimum absolute atomic E-state index is 0.157. The Bertz CT molecular complexity index is 320. The molecule has 0 fully saturated rings. The molecule has 1 aromatic heterocycles. The topological polar surface area (TPSA) is 37.3 Å². The molecule has 1 N–H and O–H groups in total. The standard InChI is InChI=1S/C8H8F2O2S/c1-5-2-3-13-7(5)8(9,10)4-6(11)12/h2-3H,4H2,1H3,(H,11,12). The van der Waals surface area contributed by atoms with Gasteiger partial charge < -0.3 is 5.11 Å². The van der Waals surface area contributed by atoms with Crippen molar-refractivity contribution in [3.63, 3.8) is 0 Å². The highest BCUT2D eigenvalue weighted by molar-refractivity contribution is 7.10. The Morgan fingerprint density at radius 2 is 2.31 bits per heavy atom. The van der Waals surface area contributed by atoms with Gasteiger partial charge in [0, 0.05) is 0 Å². The quantitative estimate of drug-likeness (QED) is 0.825. The molecule has 0 saturated carbocycles. The zero-order valence-corrected chi connectivity index (χ0v) is 7.70. The summed E-state index contributed by atoms with van der Waals surface area (Å²) in [6.45, 7) is 1.54. The lowest BCUT2D eigenvalue weighted by molar-refractivity contribution is -0.145. The van der Waals surface area contributed by atoms with Crippen LogP contribution in [0.2, 0.25) is 0 Å². The number of aryl methyl sites for hydroxylation is 1. The molecule has 0 amide bonds.